The van der Waals surface area contributed by atoms with E-state index in [1.165, 1.54) is 0 Å². The van der Waals surface area contributed by atoms with Crippen molar-refractivity contribution >= 4 is 13.0 Å². The number of hydrogen-bond acceptors (Lipinski definition) is 3. The van der Waals surface area contributed by atoms with Gasteiger partial charge in [-0.05, 0) is 13.8 Å². The molecule has 0 aromatic carbocycles. The van der Waals surface area contributed by atoms with Gasteiger partial charge in [0.15, 0.2) is 0 Å². The maximum Gasteiger partial charge on any atom is 0.230 e. The molecular formula is C6H11BN2O. The lowest BCUT2D eigenvalue weighted by molar-refractivity contribution is 0.119. The molecule has 0 amide bonds. The van der Waals surface area contributed by atoms with Gasteiger partial charge in [-0.1, -0.05) is 5.98 Å². The largest absolute Gasteiger partial charge is 0.395 e. The Bertz CT molecular complexity index is 202. The molecule has 1 heterocycles. The van der Waals surface area contributed by atoms with Crippen LogP contribution in [0.15, 0.2) is 16.7 Å². The van der Waals surface area contributed by atoms with Gasteiger partial charge in [0, 0.05) is 0 Å². The number of aliphatic imine (C=N–C) groups is 1. The second kappa shape index (κ2) is 2.13. The van der Waals surface area contributed by atoms with Gasteiger partial charge in [0.25, 0.3) is 0 Å². The first-order valence-electron chi connectivity index (χ1n) is 3.26. The predicted octanol–water partition coefficient (Wildman–Crippen LogP) is -0.637. The molecule has 54 valence electrons. The highest BCUT2D eigenvalue weighted by atomic mass is 16.3. The first-order valence-corrected chi connectivity index (χ1v) is 3.26. The highest BCUT2D eigenvalue weighted by Gasteiger charge is 2.21. The van der Waals surface area contributed by atoms with Crippen LogP contribution in [-0.2, 0) is 0 Å². The molecule has 0 aromatic rings. The van der Waals surface area contributed by atoms with Crippen LogP contribution in [0, 0.1) is 0 Å². The minimum Gasteiger partial charge on any atom is -0.395 e. The quantitative estimate of drug-likeness (QED) is 0.473. The van der Waals surface area contributed by atoms with E-state index < -0.39 is 5.60 Å². The van der Waals surface area contributed by atoms with E-state index in [9.17, 15) is 5.11 Å². The van der Waals surface area contributed by atoms with E-state index in [2.05, 4.69) is 4.99 Å². The first-order chi connectivity index (χ1) is 4.50. The van der Waals surface area contributed by atoms with Crippen molar-refractivity contribution in [3.05, 3.63) is 11.7 Å². The summed E-state index contributed by atoms with van der Waals surface area (Å²) in [5.41, 5.74) is 5.81. The van der Waals surface area contributed by atoms with E-state index >= 15 is 0 Å². The molecule has 0 saturated heterocycles. The van der Waals surface area contributed by atoms with Crippen molar-refractivity contribution < 1.29 is 5.11 Å². The summed E-state index contributed by atoms with van der Waals surface area (Å²) in [6.45, 7) is 3.39. The van der Waals surface area contributed by atoms with Gasteiger partial charge in [0.05, 0.1) is 17.0 Å². The predicted molar refractivity (Wildman–Crippen MR) is 43.2 cm³/mol. The van der Waals surface area contributed by atoms with Gasteiger partial charge < -0.3 is 10.8 Å². The lowest BCUT2D eigenvalue weighted by Crippen LogP contribution is -2.20. The van der Waals surface area contributed by atoms with Crippen LogP contribution in [0.2, 0.25) is 0 Å². The fourth-order valence-electron chi connectivity index (χ4n) is 0.834. The number of hydrogen-bond donors (Lipinski definition) is 2. The third-order valence-electron chi connectivity index (χ3n) is 1.40. The van der Waals surface area contributed by atoms with Crippen LogP contribution < -0.4 is 5.73 Å². The summed E-state index contributed by atoms with van der Waals surface area (Å²) < 4.78 is 0. The highest BCUT2D eigenvalue weighted by molar-refractivity contribution is 6.79. The van der Waals surface area contributed by atoms with Gasteiger partial charge in [0.1, 0.15) is 0 Å². The van der Waals surface area contributed by atoms with Crippen LogP contribution >= 0.6 is 0 Å². The summed E-state index contributed by atoms with van der Waals surface area (Å²) >= 11 is 0. The van der Waals surface area contributed by atoms with Gasteiger partial charge in [-0.2, -0.15) is 0 Å². The fourth-order valence-corrected chi connectivity index (χ4v) is 0.834. The fraction of sp³-hybridized carbons (Fsp3) is 0.500. The smallest absolute Gasteiger partial charge is 0.230 e. The van der Waals surface area contributed by atoms with Crippen molar-refractivity contribution in [2.45, 2.75) is 19.4 Å². The lowest BCUT2D eigenvalue weighted by atomic mass is 9.78. The van der Waals surface area contributed by atoms with Crippen molar-refractivity contribution in [1.82, 2.24) is 0 Å². The van der Waals surface area contributed by atoms with Crippen molar-refractivity contribution in [2.75, 3.05) is 0 Å². The number of nitrogens with two attached hydrogens (primary N) is 1. The summed E-state index contributed by atoms with van der Waals surface area (Å²) in [5, 5.41) is 9.40. The van der Waals surface area contributed by atoms with Gasteiger partial charge in [0.2, 0.25) is 7.28 Å². The van der Waals surface area contributed by atoms with Gasteiger partial charge >= 0.3 is 0 Å². The summed E-state index contributed by atoms with van der Waals surface area (Å²) in [6.07, 6.45) is 0. The molecule has 0 aliphatic carbocycles. The van der Waals surface area contributed by atoms with Gasteiger partial charge in [-0.15, -0.1) is 0 Å². The van der Waals surface area contributed by atoms with Crippen LogP contribution in [0.1, 0.15) is 13.8 Å². The van der Waals surface area contributed by atoms with E-state index in [1.54, 1.807) is 13.8 Å². The zero-order chi connectivity index (χ0) is 7.78. The maximum atomic E-state index is 9.40. The molecule has 1 aliphatic heterocycles. The monoisotopic (exact) mass is 138 g/mol. The normalized spacial score (nSPS) is 17.9. The molecule has 0 aromatic heterocycles. The minimum atomic E-state index is -0.846. The Morgan fingerprint density at radius 2 is 2.30 bits per heavy atom. The Morgan fingerprint density at radius 1 is 1.70 bits per heavy atom. The third kappa shape index (κ3) is 1.39. The molecule has 3 N–H and O–H groups in total. The average Bonchev–Trinajstić information content (AvgIpc) is 2.11. The molecule has 0 atom stereocenters. The standard InChI is InChI=1S/C6H11BN2O/c1-6(2,10)4-3-7-5(8)9-4/h3,7,10H,1-2H3,(H2,8,9). The molecule has 4 heteroatoms. The second-order valence-corrected chi connectivity index (χ2v) is 2.96. The molecule has 1 aliphatic rings. The van der Waals surface area contributed by atoms with E-state index in [0.29, 0.717) is 18.7 Å². The van der Waals surface area contributed by atoms with Crippen LogP contribution in [-0.4, -0.2) is 23.7 Å². The van der Waals surface area contributed by atoms with E-state index in [4.69, 9.17) is 5.73 Å². The number of amidine groups is 1. The summed E-state index contributed by atoms with van der Waals surface area (Å²) in [7, 11) is 0.666. The second-order valence-electron chi connectivity index (χ2n) is 2.96. The number of aliphatic hydroxyl groups is 1. The molecular weight excluding hydrogens is 127 g/mol. The van der Waals surface area contributed by atoms with Crippen molar-refractivity contribution in [1.29, 1.82) is 0 Å². The molecule has 0 bridgehead atoms. The van der Waals surface area contributed by atoms with Gasteiger partial charge in [-0.25, -0.2) is 4.99 Å². The molecule has 10 heavy (non-hydrogen) atoms. The molecule has 0 radical (unpaired) electrons. The SMILES string of the molecule is CC(C)(O)C1=CBC(N)=N1. The van der Waals surface area contributed by atoms with Crippen molar-refractivity contribution in [2.24, 2.45) is 10.7 Å². The summed E-state index contributed by atoms with van der Waals surface area (Å²) in [4.78, 5) is 3.97. The first kappa shape index (κ1) is 7.34. The van der Waals surface area contributed by atoms with E-state index in [1.807, 2.05) is 5.98 Å². The Kier molecular flexibility index (Phi) is 1.56. The van der Waals surface area contributed by atoms with Crippen LogP contribution in [0.5, 0.6) is 0 Å². The van der Waals surface area contributed by atoms with Crippen LogP contribution in [0.3, 0.4) is 0 Å². The Labute approximate surface area is 60.9 Å². The van der Waals surface area contributed by atoms with Crippen LogP contribution in [0.4, 0.5) is 0 Å². The molecule has 0 fully saturated rings. The number of nitrogens with zero attached hydrogens (tertiary/aromatic N) is 1. The highest BCUT2D eigenvalue weighted by Crippen LogP contribution is 2.18. The van der Waals surface area contributed by atoms with Crippen LogP contribution in [0.25, 0.3) is 0 Å². The summed E-state index contributed by atoms with van der Waals surface area (Å²) in [5.74, 6) is 1.84. The molecule has 3 nitrogen and oxygen atoms in total. The minimum absolute atomic E-state index is 0.581. The zero-order valence-corrected chi connectivity index (χ0v) is 6.26. The van der Waals surface area contributed by atoms with Crippen molar-refractivity contribution in [3.63, 3.8) is 0 Å². The van der Waals surface area contributed by atoms with E-state index in [0.717, 1.165) is 0 Å². The lowest BCUT2D eigenvalue weighted by Gasteiger charge is -2.15. The molecule has 0 spiro atoms. The van der Waals surface area contributed by atoms with E-state index in [-0.39, 0.29) is 0 Å². The van der Waals surface area contributed by atoms with Crippen molar-refractivity contribution in [3.8, 4) is 0 Å². The zero-order valence-electron chi connectivity index (χ0n) is 6.26. The summed E-state index contributed by atoms with van der Waals surface area (Å²) in [6, 6.07) is 0. The molecule has 0 unspecified atom stereocenters. The molecule has 0 saturated carbocycles. The average molecular weight is 138 g/mol. The Balaban J connectivity index is 2.77. The maximum absolute atomic E-state index is 9.40. The van der Waals surface area contributed by atoms with Gasteiger partial charge in [-0.3, -0.25) is 0 Å². The number of rotatable bonds is 1. The third-order valence-corrected chi connectivity index (χ3v) is 1.40. The topological polar surface area (TPSA) is 58.6 Å². The Hall–Kier alpha value is -0.765. The molecule has 1 rings (SSSR count). The Morgan fingerprint density at radius 3 is 2.50 bits per heavy atom.